The van der Waals surface area contributed by atoms with E-state index in [0.29, 0.717) is 22.9 Å². The highest BCUT2D eigenvalue weighted by atomic mass is 35.5. The van der Waals surface area contributed by atoms with Crippen molar-refractivity contribution in [2.24, 2.45) is 0 Å². The molecule has 0 aromatic heterocycles. The lowest BCUT2D eigenvalue weighted by Gasteiger charge is -2.20. The van der Waals surface area contributed by atoms with Crippen LogP contribution in [-0.2, 0) is 6.42 Å². The van der Waals surface area contributed by atoms with Crippen LogP contribution in [0.25, 0.3) is 0 Å². The van der Waals surface area contributed by atoms with Gasteiger partial charge in [-0.3, -0.25) is 4.79 Å². The van der Waals surface area contributed by atoms with Gasteiger partial charge >= 0.3 is 0 Å². The third-order valence-electron chi connectivity index (χ3n) is 2.54. The fourth-order valence-electron chi connectivity index (χ4n) is 1.88. The molecule has 4 heteroatoms. The van der Waals surface area contributed by atoms with Gasteiger partial charge in [0.1, 0.15) is 5.75 Å². The second-order valence-corrected chi connectivity index (χ2v) is 5.10. The van der Waals surface area contributed by atoms with Crippen LogP contribution in [0.15, 0.2) is 11.0 Å². The first-order chi connectivity index (χ1) is 7.77. The van der Waals surface area contributed by atoms with Crippen LogP contribution >= 0.6 is 23.4 Å². The number of aryl methyl sites for hydroxylation is 1. The molecular weight excluding hydrogens is 244 g/mol. The van der Waals surface area contributed by atoms with E-state index in [2.05, 4.69) is 0 Å². The van der Waals surface area contributed by atoms with Gasteiger partial charge in [-0.05, 0) is 37.1 Å². The van der Waals surface area contributed by atoms with Gasteiger partial charge in [-0.25, -0.2) is 0 Å². The van der Waals surface area contributed by atoms with Crippen molar-refractivity contribution in [2.75, 3.05) is 12.4 Å². The second-order valence-electron chi connectivity index (χ2n) is 3.59. The topological polar surface area (TPSA) is 26.3 Å². The minimum atomic E-state index is 0.518. The molecule has 1 aromatic carbocycles. The predicted molar refractivity (Wildman–Crippen MR) is 67.1 cm³/mol. The van der Waals surface area contributed by atoms with Crippen molar-refractivity contribution in [3.05, 3.63) is 22.2 Å². The average Bonchev–Trinajstić information content (AvgIpc) is 2.30. The highest BCUT2D eigenvalue weighted by Crippen LogP contribution is 2.41. The maximum Gasteiger partial charge on any atom is 0.154 e. The molecule has 2 nitrogen and oxygen atoms in total. The Kier molecular flexibility index (Phi) is 3.77. The van der Waals surface area contributed by atoms with Gasteiger partial charge in [0.05, 0.1) is 17.2 Å². The van der Waals surface area contributed by atoms with E-state index in [0.717, 1.165) is 29.8 Å². The summed E-state index contributed by atoms with van der Waals surface area (Å²) in [4.78, 5) is 12.2. The molecule has 1 aromatic rings. The van der Waals surface area contributed by atoms with E-state index in [1.807, 2.05) is 13.0 Å². The van der Waals surface area contributed by atoms with Crippen LogP contribution in [0.3, 0.4) is 0 Å². The molecule has 0 atom stereocenters. The fraction of sp³-hybridized carbons (Fsp3) is 0.417. The quantitative estimate of drug-likeness (QED) is 0.773. The summed E-state index contributed by atoms with van der Waals surface area (Å²) in [5, 5.41) is 0.546. The number of carbonyl (C=O) groups is 1. The zero-order valence-electron chi connectivity index (χ0n) is 9.09. The van der Waals surface area contributed by atoms with Crippen molar-refractivity contribution in [1.82, 2.24) is 0 Å². The standard InChI is InChI=1S/C12H13ClO2S/c1-2-15-11-9(7-14)12-8(6-10(11)13)4-3-5-16-12/h6-7H,2-5H2,1H3. The molecule has 1 heterocycles. The lowest BCUT2D eigenvalue weighted by Crippen LogP contribution is -2.05. The molecule has 0 unspecified atom stereocenters. The van der Waals surface area contributed by atoms with Crippen LogP contribution in [0.1, 0.15) is 29.3 Å². The Morgan fingerprint density at radius 1 is 1.62 bits per heavy atom. The largest absolute Gasteiger partial charge is 0.492 e. The van der Waals surface area contributed by atoms with Gasteiger partial charge in [0, 0.05) is 4.90 Å². The van der Waals surface area contributed by atoms with Crippen LogP contribution in [0, 0.1) is 0 Å². The first-order valence-electron chi connectivity index (χ1n) is 5.34. The van der Waals surface area contributed by atoms with Gasteiger partial charge < -0.3 is 4.74 Å². The minimum Gasteiger partial charge on any atom is -0.492 e. The van der Waals surface area contributed by atoms with E-state index in [1.165, 1.54) is 5.56 Å². The molecule has 0 radical (unpaired) electrons. The number of hydrogen-bond acceptors (Lipinski definition) is 3. The summed E-state index contributed by atoms with van der Waals surface area (Å²) in [5.74, 6) is 1.59. The molecule has 16 heavy (non-hydrogen) atoms. The number of halogens is 1. The van der Waals surface area contributed by atoms with Gasteiger partial charge in [-0.15, -0.1) is 11.8 Å². The molecule has 0 fully saturated rings. The van der Waals surface area contributed by atoms with Crippen molar-refractivity contribution in [3.8, 4) is 5.75 Å². The number of thioether (sulfide) groups is 1. The minimum absolute atomic E-state index is 0.518. The Morgan fingerprint density at radius 3 is 3.12 bits per heavy atom. The van der Waals surface area contributed by atoms with E-state index >= 15 is 0 Å². The molecule has 0 saturated carbocycles. The maximum absolute atomic E-state index is 11.2. The smallest absolute Gasteiger partial charge is 0.154 e. The van der Waals surface area contributed by atoms with E-state index < -0.39 is 0 Å². The number of ether oxygens (including phenoxy) is 1. The zero-order chi connectivity index (χ0) is 11.5. The third-order valence-corrected chi connectivity index (χ3v) is 4.09. The summed E-state index contributed by atoms with van der Waals surface area (Å²) in [6, 6.07) is 1.93. The Balaban J connectivity index is 2.57. The summed E-state index contributed by atoms with van der Waals surface area (Å²) >= 11 is 7.85. The molecule has 86 valence electrons. The van der Waals surface area contributed by atoms with Crippen molar-refractivity contribution in [2.45, 2.75) is 24.7 Å². The van der Waals surface area contributed by atoms with Crippen molar-refractivity contribution < 1.29 is 9.53 Å². The summed E-state index contributed by atoms with van der Waals surface area (Å²) in [7, 11) is 0. The highest BCUT2D eigenvalue weighted by Gasteiger charge is 2.20. The molecule has 1 aliphatic heterocycles. The van der Waals surface area contributed by atoms with Crippen LogP contribution < -0.4 is 4.74 Å². The second kappa shape index (κ2) is 5.11. The number of benzene rings is 1. The Labute approximate surface area is 104 Å². The molecular formula is C12H13ClO2S. The van der Waals surface area contributed by atoms with Crippen LogP contribution in [-0.4, -0.2) is 18.6 Å². The molecule has 0 aliphatic carbocycles. The first-order valence-corrected chi connectivity index (χ1v) is 6.70. The van der Waals surface area contributed by atoms with Crippen LogP contribution in [0.2, 0.25) is 5.02 Å². The van der Waals surface area contributed by atoms with Crippen LogP contribution in [0.4, 0.5) is 0 Å². The van der Waals surface area contributed by atoms with E-state index in [1.54, 1.807) is 11.8 Å². The number of fused-ring (bicyclic) bond motifs is 1. The number of aldehydes is 1. The molecule has 0 bridgehead atoms. The van der Waals surface area contributed by atoms with Gasteiger partial charge in [0.2, 0.25) is 0 Å². The number of hydrogen-bond donors (Lipinski definition) is 0. The van der Waals surface area contributed by atoms with Crippen molar-refractivity contribution >= 4 is 29.6 Å². The molecule has 0 saturated heterocycles. The molecule has 0 N–H and O–H groups in total. The monoisotopic (exact) mass is 256 g/mol. The van der Waals surface area contributed by atoms with Gasteiger partial charge in [0.15, 0.2) is 6.29 Å². The lowest BCUT2D eigenvalue weighted by molar-refractivity contribution is 0.111. The molecule has 0 spiro atoms. The highest BCUT2D eigenvalue weighted by molar-refractivity contribution is 7.99. The van der Waals surface area contributed by atoms with Gasteiger partial charge in [0.25, 0.3) is 0 Å². The summed E-state index contributed by atoms with van der Waals surface area (Å²) in [6.07, 6.45) is 2.99. The van der Waals surface area contributed by atoms with Gasteiger partial charge in [-0.2, -0.15) is 0 Å². The van der Waals surface area contributed by atoms with E-state index in [4.69, 9.17) is 16.3 Å². The molecule has 1 aliphatic rings. The van der Waals surface area contributed by atoms with Crippen molar-refractivity contribution in [1.29, 1.82) is 0 Å². The van der Waals surface area contributed by atoms with Crippen molar-refractivity contribution in [3.63, 3.8) is 0 Å². The average molecular weight is 257 g/mol. The zero-order valence-corrected chi connectivity index (χ0v) is 10.7. The van der Waals surface area contributed by atoms with Crippen LogP contribution in [0.5, 0.6) is 5.75 Å². The lowest BCUT2D eigenvalue weighted by atomic mass is 10.1. The third kappa shape index (κ3) is 2.06. The Hall–Kier alpha value is -0.670. The normalized spacial score (nSPS) is 14.4. The predicted octanol–water partition coefficient (Wildman–Crippen LogP) is 3.59. The summed E-state index contributed by atoms with van der Waals surface area (Å²) in [6.45, 7) is 2.40. The summed E-state index contributed by atoms with van der Waals surface area (Å²) < 4.78 is 5.45. The Morgan fingerprint density at radius 2 is 2.44 bits per heavy atom. The van der Waals surface area contributed by atoms with Gasteiger partial charge in [-0.1, -0.05) is 11.6 Å². The first kappa shape index (κ1) is 11.8. The molecule has 0 amide bonds. The summed E-state index contributed by atoms with van der Waals surface area (Å²) in [5.41, 5.74) is 1.79. The SMILES string of the molecule is CCOc1c(Cl)cc2c(c1C=O)SCCC2. The maximum atomic E-state index is 11.2. The van der Waals surface area contributed by atoms with E-state index in [-0.39, 0.29) is 0 Å². The fourth-order valence-corrected chi connectivity index (χ4v) is 3.30. The number of carbonyl (C=O) groups excluding carboxylic acids is 1. The van der Waals surface area contributed by atoms with E-state index in [9.17, 15) is 4.79 Å². The molecule has 2 rings (SSSR count). The Bertz CT molecular complexity index is 418. The number of rotatable bonds is 3.